The van der Waals surface area contributed by atoms with E-state index in [0.717, 1.165) is 6.42 Å². The quantitative estimate of drug-likeness (QED) is 0.714. The van der Waals surface area contributed by atoms with Gasteiger partial charge in [-0.1, -0.05) is 13.8 Å². The van der Waals surface area contributed by atoms with Gasteiger partial charge >= 0.3 is 0 Å². The summed E-state index contributed by atoms with van der Waals surface area (Å²) < 4.78 is 30.3. The molecule has 0 aliphatic carbocycles. The molecule has 15 heavy (non-hydrogen) atoms. The largest absolute Gasteiger partial charge is 0.377 e. The van der Waals surface area contributed by atoms with Crippen LogP contribution < -0.4 is 0 Å². The Balaban J connectivity index is 2.73. The summed E-state index contributed by atoms with van der Waals surface area (Å²) >= 11 is 5.44. The lowest BCUT2D eigenvalue weighted by atomic mass is 10.1. The number of halogens is 1. The van der Waals surface area contributed by atoms with Crippen molar-refractivity contribution in [3.05, 3.63) is 0 Å². The lowest BCUT2D eigenvalue weighted by molar-refractivity contribution is 0.0301. The molecular formula is C9H18ClNO3S. The van der Waals surface area contributed by atoms with Crippen LogP contribution in [0.4, 0.5) is 0 Å². The lowest BCUT2D eigenvalue weighted by Gasteiger charge is -2.24. The topological polar surface area (TPSA) is 46.6 Å². The molecule has 1 aliphatic rings. The number of hydrogen-bond acceptors (Lipinski definition) is 3. The third kappa shape index (κ3) is 3.59. The molecule has 4 nitrogen and oxygen atoms in total. The fourth-order valence-corrected chi connectivity index (χ4v) is 2.88. The summed E-state index contributed by atoms with van der Waals surface area (Å²) in [6, 6.07) is 0. The molecule has 1 atom stereocenters. The van der Waals surface area contributed by atoms with Crippen molar-refractivity contribution in [2.24, 2.45) is 5.92 Å². The van der Waals surface area contributed by atoms with Crippen LogP contribution in [0, 0.1) is 5.92 Å². The van der Waals surface area contributed by atoms with Crippen molar-refractivity contribution in [3.63, 3.8) is 0 Å². The maximum absolute atomic E-state index is 11.6. The van der Waals surface area contributed by atoms with Gasteiger partial charge in [-0.05, 0) is 12.3 Å². The van der Waals surface area contributed by atoms with E-state index in [0.29, 0.717) is 25.6 Å². The first kappa shape index (κ1) is 13.2. The zero-order valence-corrected chi connectivity index (χ0v) is 10.7. The van der Waals surface area contributed by atoms with E-state index in [1.165, 1.54) is 4.31 Å². The Morgan fingerprint density at radius 3 is 2.73 bits per heavy atom. The summed E-state index contributed by atoms with van der Waals surface area (Å²) in [7, 11) is -3.29. The number of hydrogen-bond donors (Lipinski definition) is 0. The molecule has 6 heteroatoms. The molecule has 1 heterocycles. The van der Waals surface area contributed by atoms with Gasteiger partial charge < -0.3 is 4.74 Å². The first-order valence-corrected chi connectivity index (χ1v) is 7.27. The molecule has 0 N–H and O–H groups in total. The van der Waals surface area contributed by atoms with Crippen molar-refractivity contribution in [2.75, 3.05) is 24.9 Å². The predicted molar refractivity (Wildman–Crippen MR) is 60.4 cm³/mol. The van der Waals surface area contributed by atoms with Crippen LogP contribution >= 0.6 is 11.6 Å². The van der Waals surface area contributed by atoms with E-state index in [2.05, 4.69) is 0 Å². The van der Waals surface area contributed by atoms with Crippen molar-refractivity contribution in [1.82, 2.24) is 4.31 Å². The number of rotatable bonds is 3. The van der Waals surface area contributed by atoms with E-state index in [4.69, 9.17) is 16.3 Å². The summed E-state index contributed by atoms with van der Waals surface area (Å²) in [6.07, 6.45) is 0.713. The van der Waals surface area contributed by atoms with Crippen molar-refractivity contribution < 1.29 is 13.2 Å². The summed E-state index contributed by atoms with van der Waals surface area (Å²) in [5.41, 5.74) is 0. The molecule has 0 aromatic rings. The number of alkyl halides is 1. The van der Waals surface area contributed by atoms with Crippen LogP contribution in [0.15, 0.2) is 0 Å². The molecule has 0 aromatic carbocycles. The Morgan fingerprint density at radius 1 is 1.53 bits per heavy atom. The molecule has 1 aliphatic heterocycles. The first-order chi connectivity index (χ1) is 6.97. The Kier molecular flexibility index (Phi) is 4.83. The molecule has 0 bridgehead atoms. The molecule has 0 saturated carbocycles. The fourth-order valence-electron chi connectivity index (χ4n) is 1.55. The monoisotopic (exact) mass is 255 g/mol. The molecule has 0 aromatic heterocycles. The van der Waals surface area contributed by atoms with Gasteiger partial charge in [-0.2, -0.15) is 4.31 Å². The Morgan fingerprint density at radius 2 is 2.20 bits per heavy atom. The molecule has 1 unspecified atom stereocenters. The number of sulfonamides is 1. The molecule has 1 rings (SSSR count). The lowest BCUT2D eigenvalue weighted by Crippen LogP contribution is -2.39. The van der Waals surface area contributed by atoms with Gasteiger partial charge in [0.15, 0.2) is 0 Å². The third-order valence-electron chi connectivity index (χ3n) is 2.54. The second kappa shape index (κ2) is 5.48. The minimum absolute atomic E-state index is 0.0227. The van der Waals surface area contributed by atoms with Crippen molar-refractivity contribution >= 4 is 21.6 Å². The zero-order chi connectivity index (χ0) is 11.5. The standard InChI is InChI=1S/C9H18ClNO3S/c1-8(2)9-6-11(4-3-5-14-9)15(12,13)7-10/h8-9H,3-7H2,1-2H3. The third-order valence-corrected chi connectivity index (χ3v) is 4.76. The second-order valence-electron chi connectivity index (χ2n) is 4.09. The second-order valence-corrected chi connectivity index (χ2v) is 6.64. The van der Waals surface area contributed by atoms with Crippen molar-refractivity contribution in [2.45, 2.75) is 26.4 Å². The van der Waals surface area contributed by atoms with Gasteiger partial charge in [0, 0.05) is 19.7 Å². The molecule has 0 radical (unpaired) electrons. The Bertz CT molecular complexity index is 292. The average molecular weight is 256 g/mol. The Hall–Kier alpha value is 0.160. The molecule has 1 saturated heterocycles. The van der Waals surface area contributed by atoms with E-state index in [1.54, 1.807) is 0 Å². The maximum Gasteiger partial charge on any atom is 0.228 e. The van der Waals surface area contributed by atoms with Gasteiger partial charge in [-0.3, -0.25) is 0 Å². The normalized spacial score (nSPS) is 25.5. The van der Waals surface area contributed by atoms with Crippen LogP contribution in [0.25, 0.3) is 0 Å². The number of nitrogens with zero attached hydrogens (tertiary/aromatic N) is 1. The SMILES string of the molecule is CC(C)C1CN(S(=O)(=O)CCl)CCCO1. The van der Waals surface area contributed by atoms with E-state index >= 15 is 0 Å². The highest BCUT2D eigenvalue weighted by Crippen LogP contribution is 2.16. The van der Waals surface area contributed by atoms with E-state index < -0.39 is 10.0 Å². The van der Waals surface area contributed by atoms with E-state index in [1.807, 2.05) is 13.8 Å². The van der Waals surface area contributed by atoms with Crippen LogP contribution in [0.3, 0.4) is 0 Å². The molecule has 0 spiro atoms. The minimum Gasteiger partial charge on any atom is -0.377 e. The first-order valence-electron chi connectivity index (χ1n) is 5.12. The minimum atomic E-state index is -3.29. The molecule has 90 valence electrons. The average Bonchev–Trinajstić information content (AvgIpc) is 2.43. The van der Waals surface area contributed by atoms with Crippen LogP contribution in [0.5, 0.6) is 0 Å². The fraction of sp³-hybridized carbons (Fsp3) is 1.00. The highest BCUT2D eigenvalue weighted by Gasteiger charge is 2.28. The number of ether oxygens (including phenoxy) is 1. The molecule has 0 amide bonds. The smallest absolute Gasteiger partial charge is 0.228 e. The van der Waals surface area contributed by atoms with Crippen LogP contribution in [-0.2, 0) is 14.8 Å². The highest BCUT2D eigenvalue weighted by molar-refractivity contribution is 7.90. The van der Waals surface area contributed by atoms with Gasteiger partial charge in [0.05, 0.1) is 6.10 Å². The van der Waals surface area contributed by atoms with Gasteiger partial charge in [0.1, 0.15) is 5.21 Å². The molecule has 1 fully saturated rings. The highest BCUT2D eigenvalue weighted by atomic mass is 35.5. The van der Waals surface area contributed by atoms with Gasteiger partial charge in [-0.15, -0.1) is 11.6 Å². The van der Waals surface area contributed by atoms with Crippen LogP contribution in [0.2, 0.25) is 0 Å². The summed E-state index contributed by atoms with van der Waals surface area (Å²) in [5.74, 6) is 0.316. The summed E-state index contributed by atoms with van der Waals surface area (Å²) in [5, 5.41) is -0.349. The zero-order valence-electron chi connectivity index (χ0n) is 9.15. The summed E-state index contributed by atoms with van der Waals surface area (Å²) in [4.78, 5) is 0. The molecular weight excluding hydrogens is 238 g/mol. The van der Waals surface area contributed by atoms with Crippen molar-refractivity contribution in [3.8, 4) is 0 Å². The van der Waals surface area contributed by atoms with Gasteiger partial charge in [0.2, 0.25) is 10.0 Å². The van der Waals surface area contributed by atoms with E-state index in [-0.39, 0.29) is 11.3 Å². The predicted octanol–water partition coefficient (Wildman–Crippen LogP) is 1.26. The van der Waals surface area contributed by atoms with Crippen LogP contribution in [0.1, 0.15) is 20.3 Å². The summed E-state index contributed by atoms with van der Waals surface area (Å²) in [6.45, 7) is 5.62. The van der Waals surface area contributed by atoms with Crippen LogP contribution in [-0.4, -0.2) is 43.7 Å². The van der Waals surface area contributed by atoms with Gasteiger partial charge in [0.25, 0.3) is 0 Å². The van der Waals surface area contributed by atoms with E-state index in [9.17, 15) is 8.42 Å². The van der Waals surface area contributed by atoms with Crippen molar-refractivity contribution in [1.29, 1.82) is 0 Å². The maximum atomic E-state index is 11.6. The Labute approximate surface area is 96.6 Å². The van der Waals surface area contributed by atoms with Gasteiger partial charge in [-0.25, -0.2) is 8.42 Å².